The quantitative estimate of drug-likeness (QED) is 0.913. The molecule has 0 bridgehead atoms. The Kier molecular flexibility index (Phi) is 3.08. The number of hydrogen-bond acceptors (Lipinski definition) is 3. The Hall–Kier alpha value is -2.08. The molecule has 19 heavy (non-hydrogen) atoms. The zero-order valence-electron chi connectivity index (χ0n) is 10.0. The number of nitrogens with one attached hydrogen (secondary N) is 1. The van der Waals surface area contributed by atoms with Crippen LogP contribution in [0.25, 0.3) is 0 Å². The Morgan fingerprint density at radius 2 is 2.26 bits per heavy atom. The number of nitrogens with zero attached hydrogens (tertiary/aromatic N) is 4. The number of halogens is 1. The minimum absolute atomic E-state index is 0.126. The predicted molar refractivity (Wildman–Crippen MR) is 71.1 cm³/mol. The van der Waals surface area contributed by atoms with Gasteiger partial charge in [-0.15, -0.1) is 5.10 Å². The van der Waals surface area contributed by atoms with E-state index >= 15 is 0 Å². The van der Waals surface area contributed by atoms with Crippen LogP contribution in [0.2, 0.25) is 5.02 Å². The number of carbonyl (C=O) groups is 1. The molecular formula is C12H12ClN5O. The highest BCUT2D eigenvalue weighted by molar-refractivity contribution is 6.30. The Bertz CT molecular complexity index is 580. The van der Waals surface area contributed by atoms with Crippen molar-refractivity contribution in [1.29, 1.82) is 0 Å². The van der Waals surface area contributed by atoms with E-state index in [1.54, 1.807) is 46.2 Å². The number of carbonyl (C=O) groups excluding carboxylic acids is 1. The van der Waals surface area contributed by atoms with Crippen LogP contribution in [0.5, 0.6) is 0 Å². The summed E-state index contributed by atoms with van der Waals surface area (Å²) in [5.41, 5.74) is 0.696. The third kappa shape index (κ3) is 2.53. The molecule has 0 spiro atoms. The molecule has 0 saturated carbocycles. The summed E-state index contributed by atoms with van der Waals surface area (Å²) in [6.45, 7) is 1.27. The lowest BCUT2D eigenvalue weighted by molar-refractivity contribution is 0.127. The summed E-state index contributed by atoms with van der Waals surface area (Å²) in [6, 6.07) is 7.17. The topological polar surface area (TPSA) is 63.1 Å². The fraction of sp³-hybridized carbons (Fsp3) is 0.250. The van der Waals surface area contributed by atoms with Crippen molar-refractivity contribution in [3.05, 3.63) is 41.7 Å². The molecule has 1 aromatic heterocycles. The van der Waals surface area contributed by atoms with Crippen molar-refractivity contribution in [1.82, 2.24) is 19.9 Å². The first-order valence-corrected chi connectivity index (χ1v) is 6.27. The Morgan fingerprint density at radius 1 is 1.42 bits per heavy atom. The average Bonchev–Trinajstić information content (AvgIpc) is 2.80. The third-order valence-electron chi connectivity index (χ3n) is 3.04. The van der Waals surface area contributed by atoms with Gasteiger partial charge in [0.2, 0.25) is 0 Å². The Labute approximate surface area is 115 Å². The second kappa shape index (κ2) is 4.89. The van der Waals surface area contributed by atoms with Gasteiger partial charge in [-0.1, -0.05) is 22.9 Å². The summed E-state index contributed by atoms with van der Waals surface area (Å²) in [5, 5.41) is 11.1. The number of urea groups is 1. The maximum atomic E-state index is 11.9. The number of rotatable bonds is 2. The number of anilines is 1. The van der Waals surface area contributed by atoms with Crippen molar-refractivity contribution >= 4 is 23.3 Å². The van der Waals surface area contributed by atoms with Gasteiger partial charge in [0, 0.05) is 30.0 Å². The number of benzene rings is 1. The second-order valence-corrected chi connectivity index (χ2v) is 4.82. The smallest absolute Gasteiger partial charge is 0.320 e. The lowest BCUT2D eigenvalue weighted by Gasteiger charge is -2.38. The van der Waals surface area contributed by atoms with Crippen LogP contribution in [0, 0.1) is 0 Å². The molecule has 1 aliphatic rings. The largest absolute Gasteiger partial charge is 0.321 e. The van der Waals surface area contributed by atoms with E-state index in [1.165, 1.54) is 0 Å². The Morgan fingerprint density at radius 3 is 2.95 bits per heavy atom. The van der Waals surface area contributed by atoms with Crippen molar-refractivity contribution < 1.29 is 4.79 Å². The van der Waals surface area contributed by atoms with Crippen molar-refractivity contribution in [2.75, 3.05) is 18.4 Å². The van der Waals surface area contributed by atoms with E-state index in [4.69, 9.17) is 11.6 Å². The van der Waals surface area contributed by atoms with Gasteiger partial charge >= 0.3 is 6.03 Å². The average molecular weight is 278 g/mol. The van der Waals surface area contributed by atoms with Crippen molar-refractivity contribution in [3.63, 3.8) is 0 Å². The number of likely N-dealkylation sites (tertiary alicyclic amines) is 1. The monoisotopic (exact) mass is 277 g/mol. The van der Waals surface area contributed by atoms with Crippen LogP contribution in [0.1, 0.15) is 6.04 Å². The molecule has 1 fully saturated rings. The van der Waals surface area contributed by atoms with E-state index in [2.05, 4.69) is 15.6 Å². The van der Waals surface area contributed by atoms with Crippen molar-refractivity contribution in [3.8, 4) is 0 Å². The van der Waals surface area contributed by atoms with Gasteiger partial charge in [-0.2, -0.15) is 0 Å². The molecule has 7 heteroatoms. The van der Waals surface area contributed by atoms with Gasteiger partial charge in [0.05, 0.1) is 12.2 Å². The van der Waals surface area contributed by atoms with Gasteiger partial charge in [0.15, 0.2) is 0 Å². The van der Waals surface area contributed by atoms with E-state index < -0.39 is 0 Å². The van der Waals surface area contributed by atoms with Gasteiger partial charge in [-0.25, -0.2) is 9.48 Å². The van der Waals surface area contributed by atoms with Gasteiger partial charge in [0.25, 0.3) is 0 Å². The summed E-state index contributed by atoms with van der Waals surface area (Å²) >= 11 is 5.86. The van der Waals surface area contributed by atoms with Crippen LogP contribution in [0.3, 0.4) is 0 Å². The fourth-order valence-corrected chi connectivity index (χ4v) is 2.16. The van der Waals surface area contributed by atoms with E-state index in [-0.39, 0.29) is 12.1 Å². The molecule has 0 radical (unpaired) electrons. The molecule has 1 aromatic carbocycles. The summed E-state index contributed by atoms with van der Waals surface area (Å²) in [5.74, 6) is 0. The summed E-state index contributed by atoms with van der Waals surface area (Å²) in [4.78, 5) is 13.7. The van der Waals surface area contributed by atoms with Crippen LogP contribution in [-0.2, 0) is 0 Å². The molecule has 3 rings (SSSR count). The molecule has 0 atom stereocenters. The first kappa shape index (κ1) is 12.0. The summed E-state index contributed by atoms with van der Waals surface area (Å²) in [7, 11) is 0. The minimum atomic E-state index is -0.126. The molecule has 0 unspecified atom stereocenters. The van der Waals surface area contributed by atoms with Crippen LogP contribution in [0.15, 0.2) is 36.7 Å². The second-order valence-electron chi connectivity index (χ2n) is 4.38. The Balaban J connectivity index is 1.56. The zero-order valence-corrected chi connectivity index (χ0v) is 10.8. The van der Waals surface area contributed by atoms with Gasteiger partial charge < -0.3 is 10.2 Å². The molecule has 1 saturated heterocycles. The summed E-state index contributed by atoms with van der Waals surface area (Å²) < 4.78 is 1.77. The van der Waals surface area contributed by atoms with E-state index in [1.807, 2.05) is 0 Å². The molecule has 1 aliphatic heterocycles. The number of amides is 2. The lowest BCUT2D eigenvalue weighted by Crippen LogP contribution is -2.52. The first-order chi connectivity index (χ1) is 9.22. The molecular weight excluding hydrogens is 266 g/mol. The fourth-order valence-electron chi connectivity index (χ4n) is 1.97. The first-order valence-electron chi connectivity index (χ1n) is 5.89. The van der Waals surface area contributed by atoms with Crippen molar-refractivity contribution in [2.24, 2.45) is 0 Å². The molecule has 2 amide bonds. The third-order valence-corrected chi connectivity index (χ3v) is 3.28. The highest BCUT2D eigenvalue weighted by Gasteiger charge is 2.32. The lowest BCUT2D eigenvalue weighted by atomic mass is 10.1. The van der Waals surface area contributed by atoms with E-state index in [0.717, 1.165) is 0 Å². The highest BCUT2D eigenvalue weighted by atomic mass is 35.5. The van der Waals surface area contributed by atoms with Crippen LogP contribution < -0.4 is 5.32 Å². The standard InChI is InChI=1S/C12H12ClN5O/c13-9-2-1-3-10(6-9)15-12(19)17-7-11(8-17)18-5-4-14-16-18/h1-6,11H,7-8H2,(H,15,19). The van der Waals surface area contributed by atoms with Crippen LogP contribution in [0.4, 0.5) is 10.5 Å². The number of aromatic nitrogens is 3. The van der Waals surface area contributed by atoms with Gasteiger partial charge in [-0.05, 0) is 18.2 Å². The maximum Gasteiger partial charge on any atom is 0.321 e. The van der Waals surface area contributed by atoms with Gasteiger partial charge in [-0.3, -0.25) is 0 Å². The molecule has 2 aromatic rings. The SMILES string of the molecule is O=C(Nc1cccc(Cl)c1)N1CC(n2ccnn2)C1. The molecule has 2 heterocycles. The maximum absolute atomic E-state index is 11.9. The molecule has 1 N–H and O–H groups in total. The van der Waals surface area contributed by atoms with Gasteiger partial charge in [0.1, 0.15) is 0 Å². The zero-order chi connectivity index (χ0) is 13.2. The number of hydrogen-bond donors (Lipinski definition) is 1. The summed E-state index contributed by atoms with van der Waals surface area (Å²) in [6.07, 6.45) is 3.44. The van der Waals surface area contributed by atoms with Crippen LogP contribution >= 0.6 is 11.6 Å². The molecule has 98 valence electrons. The van der Waals surface area contributed by atoms with E-state index in [0.29, 0.717) is 23.8 Å². The van der Waals surface area contributed by atoms with E-state index in [9.17, 15) is 4.79 Å². The molecule has 0 aliphatic carbocycles. The highest BCUT2D eigenvalue weighted by Crippen LogP contribution is 2.21. The van der Waals surface area contributed by atoms with Crippen molar-refractivity contribution in [2.45, 2.75) is 6.04 Å². The predicted octanol–water partition coefficient (Wildman–Crippen LogP) is 2.02. The minimum Gasteiger partial charge on any atom is -0.320 e. The normalized spacial score (nSPS) is 15.1. The van der Waals surface area contributed by atoms with Crippen LogP contribution in [-0.4, -0.2) is 39.0 Å². The molecule has 6 nitrogen and oxygen atoms in total.